The fourth-order valence-corrected chi connectivity index (χ4v) is 2.87. The highest BCUT2D eigenvalue weighted by Gasteiger charge is 2.19. The van der Waals surface area contributed by atoms with Gasteiger partial charge in [0.15, 0.2) is 0 Å². The van der Waals surface area contributed by atoms with Gasteiger partial charge in [-0.2, -0.15) is 0 Å². The summed E-state index contributed by atoms with van der Waals surface area (Å²) < 4.78 is 0.815. The maximum absolute atomic E-state index is 11.9. The summed E-state index contributed by atoms with van der Waals surface area (Å²) in [5.41, 5.74) is 0. The minimum absolute atomic E-state index is 0.00933. The van der Waals surface area contributed by atoms with Gasteiger partial charge in [-0.25, -0.2) is 9.78 Å². The molecule has 1 aliphatic carbocycles. The van der Waals surface area contributed by atoms with Crippen LogP contribution >= 0.6 is 15.9 Å². The van der Waals surface area contributed by atoms with Crippen LogP contribution in [-0.4, -0.2) is 53.9 Å². The van der Waals surface area contributed by atoms with Crippen LogP contribution in [0.15, 0.2) is 22.8 Å². The first-order valence-corrected chi connectivity index (χ1v) is 8.92. The van der Waals surface area contributed by atoms with Crippen LogP contribution in [0.1, 0.15) is 25.7 Å². The molecule has 4 amide bonds. The quantitative estimate of drug-likeness (QED) is 0.657. The predicted octanol–water partition coefficient (Wildman–Crippen LogP) is 1.48. The van der Waals surface area contributed by atoms with Gasteiger partial charge in [0.1, 0.15) is 5.82 Å². The second-order valence-electron chi connectivity index (χ2n) is 6.09. The second kappa shape index (κ2) is 9.47. The Labute approximate surface area is 154 Å². The Morgan fingerprint density at radius 2 is 1.88 bits per heavy atom. The zero-order valence-electron chi connectivity index (χ0n) is 14.0. The number of rotatable bonds is 6. The van der Waals surface area contributed by atoms with Crippen molar-refractivity contribution in [2.24, 2.45) is 0 Å². The average Bonchev–Trinajstić information content (AvgIpc) is 3.01. The summed E-state index contributed by atoms with van der Waals surface area (Å²) in [5, 5.41) is 7.71. The second-order valence-corrected chi connectivity index (χ2v) is 7.00. The molecule has 1 aromatic rings. The number of aromatic nitrogens is 1. The number of nitrogens with zero attached hydrogens (tertiary/aromatic N) is 2. The molecule has 0 aliphatic heterocycles. The zero-order valence-corrected chi connectivity index (χ0v) is 15.6. The van der Waals surface area contributed by atoms with Gasteiger partial charge in [-0.15, -0.1) is 0 Å². The van der Waals surface area contributed by atoms with E-state index >= 15 is 0 Å². The molecule has 1 saturated carbocycles. The lowest BCUT2D eigenvalue weighted by atomic mass is 10.2. The van der Waals surface area contributed by atoms with E-state index in [4.69, 9.17) is 0 Å². The van der Waals surface area contributed by atoms with Crippen molar-refractivity contribution in [3.8, 4) is 0 Å². The van der Waals surface area contributed by atoms with E-state index in [2.05, 4.69) is 36.9 Å². The first-order chi connectivity index (χ1) is 11.9. The highest BCUT2D eigenvalue weighted by Crippen LogP contribution is 2.17. The van der Waals surface area contributed by atoms with E-state index in [0.29, 0.717) is 5.82 Å². The van der Waals surface area contributed by atoms with E-state index in [1.807, 2.05) is 0 Å². The number of carbonyl (C=O) groups is 3. The van der Waals surface area contributed by atoms with Gasteiger partial charge in [0.2, 0.25) is 11.8 Å². The third kappa shape index (κ3) is 7.18. The summed E-state index contributed by atoms with van der Waals surface area (Å²) >= 11 is 3.27. The van der Waals surface area contributed by atoms with E-state index in [1.165, 1.54) is 4.90 Å². The molecule has 8 nitrogen and oxygen atoms in total. The van der Waals surface area contributed by atoms with E-state index in [0.717, 1.165) is 30.2 Å². The first kappa shape index (κ1) is 19.3. The van der Waals surface area contributed by atoms with Crippen LogP contribution in [0.2, 0.25) is 0 Å². The molecule has 1 aliphatic rings. The molecule has 3 N–H and O–H groups in total. The Balaban J connectivity index is 1.68. The maximum Gasteiger partial charge on any atom is 0.321 e. The number of hydrogen-bond acceptors (Lipinski definition) is 5. The molecule has 0 unspecified atom stereocenters. The minimum atomic E-state index is -0.478. The number of imide groups is 1. The molecule has 1 aromatic heterocycles. The van der Waals surface area contributed by atoms with Gasteiger partial charge in [-0.05, 0) is 48.0 Å². The summed E-state index contributed by atoms with van der Waals surface area (Å²) in [4.78, 5) is 41.1. The lowest BCUT2D eigenvalue weighted by Gasteiger charge is -2.16. The number of carbonyl (C=O) groups excluding carboxylic acids is 3. The van der Waals surface area contributed by atoms with Crippen molar-refractivity contribution in [3.05, 3.63) is 22.8 Å². The molecule has 0 atom stereocenters. The van der Waals surface area contributed by atoms with Crippen molar-refractivity contribution >= 4 is 39.6 Å². The lowest BCUT2D eigenvalue weighted by molar-refractivity contribution is -0.122. The van der Waals surface area contributed by atoms with E-state index in [1.54, 1.807) is 25.4 Å². The molecule has 9 heteroatoms. The van der Waals surface area contributed by atoms with Gasteiger partial charge >= 0.3 is 6.03 Å². The Morgan fingerprint density at radius 1 is 1.20 bits per heavy atom. The average molecular weight is 412 g/mol. The fourth-order valence-electron chi connectivity index (χ4n) is 2.64. The Morgan fingerprint density at radius 3 is 2.52 bits per heavy atom. The van der Waals surface area contributed by atoms with Crippen LogP contribution < -0.4 is 16.0 Å². The van der Waals surface area contributed by atoms with E-state index < -0.39 is 11.9 Å². The van der Waals surface area contributed by atoms with Crippen LogP contribution in [0.5, 0.6) is 0 Å². The Hall–Kier alpha value is -2.00. The predicted molar refractivity (Wildman–Crippen MR) is 97.0 cm³/mol. The summed E-state index contributed by atoms with van der Waals surface area (Å²) in [5.74, 6) is -0.310. The van der Waals surface area contributed by atoms with Gasteiger partial charge in [-0.1, -0.05) is 12.8 Å². The van der Waals surface area contributed by atoms with Crippen LogP contribution in [0, 0.1) is 0 Å². The van der Waals surface area contributed by atoms with Crippen LogP contribution in [-0.2, 0) is 9.59 Å². The number of likely N-dealkylation sites (N-methyl/N-ethyl adjacent to an activating group) is 1. The van der Waals surface area contributed by atoms with Crippen molar-refractivity contribution in [1.29, 1.82) is 0 Å². The topological polar surface area (TPSA) is 103 Å². The van der Waals surface area contributed by atoms with Crippen LogP contribution in [0.3, 0.4) is 0 Å². The highest BCUT2D eigenvalue weighted by atomic mass is 79.9. The van der Waals surface area contributed by atoms with Crippen molar-refractivity contribution in [1.82, 2.24) is 20.5 Å². The molecule has 1 fully saturated rings. The fraction of sp³-hybridized carbons (Fsp3) is 0.500. The Kier molecular flexibility index (Phi) is 7.32. The normalized spacial score (nSPS) is 14.4. The van der Waals surface area contributed by atoms with Crippen molar-refractivity contribution in [2.45, 2.75) is 31.7 Å². The minimum Gasteiger partial charge on any atom is -0.335 e. The van der Waals surface area contributed by atoms with Gasteiger partial charge in [0, 0.05) is 16.7 Å². The van der Waals surface area contributed by atoms with Gasteiger partial charge in [0.05, 0.1) is 13.1 Å². The van der Waals surface area contributed by atoms with Crippen LogP contribution in [0.25, 0.3) is 0 Å². The summed E-state index contributed by atoms with van der Waals surface area (Å²) in [6.07, 6.45) is 5.68. The number of hydrogen-bond donors (Lipinski definition) is 3. The smallest absolute Gasteiger partial charge is 0.321 e. The molecular weight excluding hydrogens is 390 g/mol. The molecule has 0 aromatic carbocycles. The number of amides is 4. The summed E-state index contributed by atoms with van der Waals surface area (Å²) in [6.45, 7) is -0.0469. The molecule has 0 radical (unpaired) electrons. The molecule has 1 heterocycles. The van der Waals surface area contributed by atoms with E-state index in [-0.39, 0.29) is 25.0 Å². The lowest BCUT2D eigenvalue weighted by Crippen LogP contribution is -2.47. The van der Waals surface area contributed by atoms with Crippen molar-refractivity contribution in [2.75, 3.05) is 25.5 Å². The maximum atomic E-state index is 11.9. The van der Waals surface area contributed by atoms with Crippen molar-refractivity contribution < 1.29 is 14.4 Å². The summed E-state index contributed by atoms with van der Waals surface area (Å²) in [6, 6.07) is 3.11. The number of halogens is 1. The van der Waals surface area contributed by atoms with Gasteiger partial charge in [-0.3, -0.25) is 19.8 Å². The van der Waals surface area contributed by atoms with Gasteiger partial charge < -0.3 is 10.6 Å². The number of urea groups is 1. The molecule has 25 heavy (non-hydrogen) atoms. The molecule has 136 valence electrons. The third-order valence-electron chi connectivity index (χ3n) is 3.77. The molecule has 0 saturated heterocycles. The van der Waals surface area contributed by atoms with Crippen LogP contribution in [0.4, 0.5) is 10.6 Å². The highest BCUT2D eigenvalue weighted by molar-refractivity contribution is 9.10. The SMILES string of the molecule is CN(CC(=O)NC(=O)NC1CCCC1)CC(=O)Nc1ccc(Br)cn1. The zero-order chi connectivity index (χ0) is 18.2. The monoisotopic (exact) mass is 411 g/mol. The summed E-state index contributed by atoms with van der Waals surface area (Å²) in [7, 11) is 1.63. The number of pyridine rings is 1. The van der Waals surface area contributed by atoms with E-state index in [9.17, 15) is 14.4 Å². The van der Waals surface area contributed by atoms with Crippen molar-refractivity contribution in [3.63, 3.8) is 0 Å². The van der Waals surface area contributed by atoms with Gasteiger partial charge in [0.25, 0.3) is 0 Å². The number of anilines is 1. The molecule has 0 bridgehead atoms. The molecular formula is C16H22BrN5O3. The Bertz CT molecular complexity index is 617. The number of nitrogens with one attached hydrogen (secondary N) is 3. The largest absolute Gasteiger partial charge is 0.335 e. The standard InChI is InChI=1S/C16H22BrN5O3/c1-22(9-14(23)20-13-7-6-11(17)8-18-13)10-15(24)21-16(25)19-12-4-2-3-5-12/h6-8,12H,2-5,9-10H2,1H3,(H,18,20,23)(H2,19,21,24,25). The third-order valence-corrected chi connectivity index (χ3v) is 4.23. The molecule has 2 rings (SSSR count). The molecule has 0 spiro atoms. The first-order valence-electron chi connectivity index (χ1n) is 8.12.